The van der Waals surface area contributed by atoms with Gasteiger partial charge in [-0.2, -0.15) is 0 Å². The number of nitrogens with one attached hydrogen (secondary N) is 1. The second kappa shape index (κ2) is 4.82. The standard InChI is InChI=1S/C13H15N3O/c1-10-4-3-5-12(6-10)16(2)13(17)7-11-8-14-9-15-11/h3-6,8-9H,7H2,1-2H3,(H,14,15). The number of aromatic nitrogens is 2. The third-order valence-electron chi connectivity index (χ3n) is 2.66. The van der Waals surface area contributed by atoms with Gasteiger partial charge in [0.25, 0.3) is 0 Å². The van der Waals surface area contributed by atoms with Gasteiger partial charge in [0.2, 0.25) is 5.91 Å². The van der Waals surface area contributed by atoms with E-state index < -0.39 is 0 Å². The highest BCUT2D eigenvalue weighted by molar-refractivity contribution is 5.94. The number of carbonyl (C=O) groups excluding carboxylic acids is 1. The summed E-state index contributed by atoms with van der Waals surface area (Å²) in [5.74, 6) is 0.0415. The Labute approximate surface area is 100 Å². The molecule has 0 aliphatic rings. The van der Waals surface area contributed by atoms with Crippen LogP contribution in [0.1, 0.15) is 11.3 Å². The van der Waals surface area contributed by atoms with E-state index in [-0.39, 0.29) is 5.91 Å². The molecule has 88 valence electrons. The molecule has 17 heavy (non-hydrogen) atoms. The molecule has 0 atom stereocenters. The number of nitrogens with zero attached hydrogens (tertiary/aromatic N) is 2. The quantitative estimate of drug-likeness (QED) is 0.874. The maximum atomic E-state index is 12.0. The zero-order chi connectivity index (χ0) is 12.3. The first-order chi connectivity index (χ1) is 8.16. The lowest BCUT2D eigenvalue weighted by molar-refractivity contribution is -0.117. The second-order valence-corrected chi connectivity index (χ2v) is 4.05. The van der Waals surface area contributed by atoms with Gasteiger partial charge in [0, 0.05) is 24.6 Å². The van der Waals surface area contributed by atoms with Crippen molar-refractivity contribution in [2.45, 2.75) is 13.3 Å². The van der Waals surface area contributed by atoms with E-state index in [9.17, 15) is 4.79 Å². The monoisotopic (exact) mass is 229 g/mol. The van der Waals surface area contributed by atoms with Crippen molar-refractivity contribution in [1.29, 1.82) is 0 Å². The van der Waals surface area contributed by atoms with Gasteiger partial charge < -0.3 is 9.88 Å². The smallest absolute Gasteiger partial charge is 0.232 e. The van der Waals surface area contributed by atoms with E-state index in [1.165, 1.54) is 0 Å². The zero-order valence-electron chi connectivity index (χ0n) is 9.97. The summed E-state index contributed by atoms with van der Waals surface area (Å²) in [6.07, 6.45) is 3.59. The number of H-pyrrole nitrogens is 1. The van der Waals surface area contributed by atoms with Gasteiger partial charge in [0.15, 0.2) is 0 Å². The average Bonchev–Trinajstić information content (AvgIpc) is 2.80. The highest BCUT2D eigenvalue weighted by atomic mass is 16.2. The van der Waals surface area contributed by atoms with Gasteiger partial charge in [-0.3, -0.25) is 4.79 Å². The number of carbonyl (C=O) groups is 1. The Bertz CT molecular complexity index is 505. The molecule has 1 N–H and O–H groups in total. The molecule has 0 unspecified atom stereocenters. The molecule has 2 aromatic rings. The van der Waals surface area contributed by atoms with Gasteiger partial charge in [0.05, 0.1) is 12.7 Å². The van der Waals surface area contributed by atoms with E-state index in [0.717, 1.165) is 16.9 Å². The van der Waals surface area contributed by atoms with Crippen LogP contribution in [0.5, 0.6) is 0 Å². The molecule has 0 bridgehead atoms. The summed E-state index contributed by atoms with van der Waals surface area (Å²) in [5.41, 5.74) is 2.88. The molecule has 2 rings (SSSR count). The lowest BCUT2D eigenvalue weighted by atomic mass is 10.2. The van der Waals surface area contributed by atoms with Crippen molar-refractivity contribution < 1.29 is 4.79 Å². The molecule has 1 heterocycles. The number of amides is 1. The number of anilines is 1. The summed E-state index contributed by atoms with van der Waals surface area (Å²) >= 11 is 0. The molecule has 0 aliphatic carbocycles. The first-order valence-corrected chi connectivity index (χ1v) is 5.47. The van der Waals surface area contributed by atoms with Gasteiger partial charge in [-0.1, -0.05) is 12.1 Å². The van der Waals surface area contributed by atoms with Gasteiger partial charge >= 0.3 is 0 Å². The summed E-state index contributed by atoms with van der Waals surface area (Å²) in [5, 5.41) is 0. The third-order valence-corrected chi connectivity index (χ3v) is 2.66. The molecular formula is C13H15N3O. The van der Waals surface area contributed by atoms with E-state index in [0.29, 0.717) is 6.42 Å². The number of likely N-dealkylation sites (N-methyl/N-ethyl adjacent to an activating group) is 1. The number of benzene rings is 1. The van der Waals surface area contributed by atoms with Gasteiger partial charge in [-0.15, -0.1) is 0 Å². The normalized spacial score (nSPS) is 10.2. The maximum absolute atomic E-state index is 12.0. The van der Waals surface area contributed by atoms with Crippen LogP contribution >= 0.6 is 0 Å². The first kappa shape index (κ1) is 11.4. The minimum Gasteiger partial charge on any atom is -0.348 e. The fourth-order valence-corrected chi connectivity index (χ4v) is 1.64. The molecule has 1 aromatic carbocycles. The van der Waals surface area contributed by atoms with Crippen molar-refractivity contribution in [2.24, 2.45) is 0 Å². The summed E-state index contributed by atoms with van der Waals surface area (Å²) in [6.45, 7) is 2.01. The van der Waals surface area contributed by atoms with E-state index in [1.54, 1.807) is 24.5 Å². The minimum atomic E-state index is 0.0415. The average molecular weight is 229 g/mol. The predicted octanol–water partition coefficient (Wildman–Crippen LogP) is 1.92. The van der Waals surface area contributed by atoms with E-state index in [4.69, 9.17) is 0 Å². The number of hydrogen-bond acceptors (Lipinski definition) is 2. The molecule has 4 heteroatoms. The van der Waals surface area contributed by atoms with Crippen LogP contribution in [0, 0.1) is 6.92 Å². The molecule has 0 aliphatic heterocycles. The number of aryl methyl sites for hydroxylation is 1. The lowest BCUT2D eigenvalue weighted by Crippen LogP contribution is -2.27. The molecule has 0 fully saturated rings. The molecule has 4 nitrogen and oxygen atoms in total. The van der Waals surface area contributed by atoms with Crippen LogP contribution in [0.3, 0.4) is 0 Å². The van der Waals surface area contributed by atoms with E-state index in [2.05, 4.69) is 9.97 Å². The Morgan fingerprint density at radius 3 is 2.94 bits per heavy atom. The highest BCUT2D eigenvalue weighted by Gasteiger charge is 2.12. The number of imidazole rings is 1. The van der Waals surface area contributed by atoms with Crippen molar-refractivity contribution in [1.82, 2.24) is 9.97 Å². The van der Waals surface area contributed by atoms with Crippen molar-refractivity contribution in [3.8, 4) is 0 Å². The predicted molar refractivity (Wildman–Crippen MR) is 66.9 cm³/mol. The van der Waals surface area contributed by atoms with Crippen LogP contribution < -0.4 is 4.90 Å². The van der Waals surface area contributed by atoms with Crippen molar-refractivity contribution >= 4 is 11.6 Å². The molecule has 0 saturated carbocycles. The fourth-order valence-electron chi connectivity index (χ4n) is 1.64. The van der Waals surface area contributed by atoms with Crippen LogP contribution in [-0.2, 0) is 11.2 Å². The summed E-state index contributed by atoms with van der Waals surface area (Å²) < 4.78 is 0. The van der Waals surface area contributed by atoms with E-state index >= 15 is 0 Å². The molecule has 0 spiro atoms. The van der Waals surface area contributed by atoms with Crippen molar-refractivity contribution in [3.63, 3.8) is 0 Å². The third kappa shape index (κ3) is 2.72. The van der Waals surface area contributed by atoms with Crippen LogP contribution in [0.15, 0.2) is 36.8 Å². The van der Waals surface area contributed by atoms with Crippen LogP contribution in [0.4, 0.5) is 5.69 Å². The number of aromatic amines is 1. The Balaban J connectivity index is 2.09. The van der Waals surface area contributed by atoms with Crippen molar-refractivity contribution in [2.75, 3.05) is 11.9 Å². The molecular weight excluding hydrogens is 214 g/mol. The van der Waals surface area contributed by atoms with Crippen molar-refractivity contribution in [3.05, 3.63) is 48.0 Å². The zero-order valence-corrected chi connectivity index (χ0v) is 9.97. The maximum Gasteiger partial charge on any atom is 0.232 e. The van der Waals surface area contributed by atoms with Gasteiger partial charge in [0.1, 0.15) is 0 Å². The Morgan fingerprint density at radius 2 is 2.29 bits per heavy atom. The van der Waals surface area contributed by atoms with Gasteiger partial charge in [-0.05, 0) is 24.6 Å². The SMILES string of the molecule is Cc1cccc(N(C)C(=O)Cc2cnc[nH]2)c1. The molecule has 0 saturated heterocycles. The topological polar surface area (TPSA) is 49.0 Å². The minimum absolute atomic E-state index is 0.0415. The summed E-state index contributed by atoms with van der Waals surface area (Å²) in [6, 6.07) is 7.88. The van der Waals surface area contributed by atoms with Crippen LogP contribution in [0.2, 0.25) is 0 Å². The Morgan fingerprint density at radius 1 is 1.47 bits per heavy atom. The lowest BCUT2D eigenvalue weighted by Gasteiger charge is -2.17. The summed E-state index contributed by atoms with van der Waals surface area (Å²) in [7, 11) is 1.79. The Kier molecular flexibility index (Phi) is 3.23. The van der Waals surface area contributed by atoms with E-state index in [1.807, 2.05) is 31.2 Å². The molecule has 1 amide bonds. The number of hydrogen-bond donors (Lipinski definition) is 1. The highest BCUT2D eigenvalue weighted by Crippen LogP contribution is 2.15. The Hall–Kier alpha value is -2.10. The van der Waals surface area contributed by atoms with Crippen LogP contribution in [0.25, 0.3) is 0 Å². The molecule has 0 radical (unpaired) electrons. The second-order valence-electron chi connectivity index (χ2n) is 4.05. The largest absolute Gasteiger partial charge is 0.348 e. The fraction of sp³-hybridized carbons (Fsp3) is 0.231. The van der Waals surface area contributed by atoms with Crippen LogP contribution in [-0.4, -0.2) is 22.9 Å². The summed E-state index contributed by atoms with van der Waals surface area (Å²) in [4.78, 5) is 20.5. The first-order valence-electron chi connectivity index (χ1n) is 5.47. The number of rotatable bonds is 3. The molecule has 1 aromatic heterocycles. The van der Waals surface area contributed by atoms with Gasteiger partial charge in [-0.25, -0.2) is 4.98 Å².